The number of nitrogens with one attached hydrogen (secondary N) is 1. The lowest BCUT2D eigenvalue weighted by Gasteiger charge is -2.59. The molecule has 15 nitrogen and oxygen atoms in total. The van der Waals surface area contributed by atoms with Gasteiger partial charge in [0.05, 0.1) is 49.2 Å². The molecular formula is C46H69N3O12P2. The van der Waals surface area contributed by atoms with Crippen LogP contribution in [0.5, 0.6) is 5.75 Å². The van der Waals surface area contributed by atoms with Gasteiger partial charge in [0.1, 0.15) is 19.0 Å². The number of aliphatic hydroxyl groups excluding tert-OH is 2. The number of unbranched alkanes of at least 4 members (excludes halogenated alkanes) is 3. The Morgan fingerprint density at radius 1 is 0.968 bits per heavy atom. The van der Waals surface area contributed by atoms with Crippen LogP contribution in [0.25, 0.3) is 11.8 Å². The number of ether oxygens (including phenoxy) is 2. The number of rotatable bonds is 20. The number of aromatic nitrogens is 2. The third-order valence-electron chi connectivity index (χ3n) is 15.0. The molecule has 7 rings (SSSR count). The zero-order chi connectivity index (χ0) is 44.8. The van der Waals surface area contributed by atoms with Gasteiger partial charge in [-0.3, -0.25) is 18.7 Å². The van der Waals surface area contributed by atoms with Crippen LogP contribution >= 0.6 is 15.4 Å². The molecule has 17 heteroatoms. The maximum atomic E-state index is 12.7. The zero-order valence-corrected chi connectivity index (χ0v) is 38.8. The number of nitrogens with zero attached hydrogens (tertiary/aromatic N) is 2. The second-order valence-corrected chi connectivity index (χ2v) is 22.8. The first kappa shape index (κ1) is 48.2. The van der Waals surface area contributed by atoms with Gasteiger partial charge in [0.25, 0.3) is 0 Å². The van der Waals surface area contributed by atoms with Crippen LogP contribution in [0, 0.1) is 34.5 Å². The van der Waals surface area contributed by atoms with Crippen LogP contribution < -0.4 is 10.1 Å². The number of amides is 1. The van der Waals surface area contributed by atoms with E-state index in [-0.39, 0.29) is 66.4 Å². The molecule has 5 aliphatic carbocycles. The molecule has 0 bridgehead atoms. The van der Waals surface area contributed by atoms with Crippen LogP contribution in [0.15, 0.2) is 36.0 Å². The lowest BCUT2D eigenvalue weighted by molar-refractivity contribution is -0.144. The SMILES string of the molecule is C[C@]12C[C@H](O)[C@H]3[C@@H](CCC4=Cc5c(cnn5-c5cccc(OCCCCCCP(=O)(O)OP(=O)(O)OCCNC(=O)COC6CCCCCCC6)c5)C[C@@]43C)[C@@H]1CC[C@@H]2C(=O)CO. The Morgan fingerprint density at radius 3 is 2.51 bits per heavy atom. The zero-order valence-electron chi connectivity index (χ0n) is 37.0. The highest BCUT2D eigenvalue weighted by atomic mass is 31.3. The fraction of sp³-hybridized carbons (Fsp3) is 0.717. The minimum Gasteiger partial charge on any atom is -0.494 e. The molecule has 2 unspecified atom stereocenters. The van der Waals surface area contributed by atoms with Crippen molar-refractivity contribution in [2.75, 3.05) is 39.1 Å². The normalized spacial score (nSPS) is 30.3. The number of fused-ring (bicyclic) bond motifs is 6. The van der Waals surface area contributed by atoms with E-state index in [1.165, 1.54) is 24.8 Å². The fourth-order valence-electron chi connectivity index (χ4n) is 12.1. The summed E-state index contributed by atoms with van der Waals surface area (Å²) in [6.07, 6.45) is 18.4. The summed E-state index contributed by atoms with van der Waals surface area (Å²) in [5, 5.41) is 28.9. The number of phosphoric ester groups is 1. The van der Waals surface area contributed by atoms with Gasteiger partial charge in [0.15, 0.2) is 5.78 Å². The minimum absolute atomic E-state index is 0.0572. The number of Topliss-reactive ketones (excluding diaryl/α,β-unsaturated/α-hetero) is 1. The van der Waals surface area contributed by atoms with Gasteiger partial charge in [0, 0.05) is 18.5 Å². The van der Waals surface area contributed by atoms with Crippen LogP contribution in [0.4, 0.5) is 0 Å². The van der Waals surface area contributed by atoms with Crippen molar-refractivity contribution >= 4 is 33.2 Å². The second kappa shape index (κ2) is 20.9. The van der Waals surface area contributed by atoms with Crippen LogP contribution in [-0.2, 0) is 38.7 Å². The Balaban J connectivity index is 0.820. The van der Waals surface area contributed by atoms with E-state index in [1.54, 1.807) is 0 Å². The summed E-state index contributed by atoms with van der Waals surface area (Å²) >= 11 is 0. The summed E-state index contributed by atoms with van der Waals surface area (Å²) in [6.45, 7) is 3.92. The van der Waals surface area contributed by atoms with Crippen LogP contribution in [0.1, 0.15) is 128 Å². The molecule has 0 spiro atoms. The lowest BCUT2D eigenvalue weighted by atomic mass is 9.46. The maximum absolute atomic E-state index is 12.7. The smallest absolute Gasteiger partial charge is 0.479 e. The molecule has 0 radical (unpaired) electrons. The van der Waals surface area contributed by atoms with Crippen molar-refractivity contribution in [2.24, 2.45) is 34.5 Å². The number of hydrogen-bond donors (Lipinski definition) is 5. The van der Waals surface area contributed by atoms with Crippen molar-refractivity contribution in [3.8, 4) is 11.4 Å². The van der Waals surface area contributed by atoms with Gasteiger partial charge in [-0.25, -0.2) is 13.6 Å². The van der Waals surface area contributed by atoms with Crippen molar-refractivity contribution in [1.29, 1.82) is 0 Å². The molecule has 5 aliphatic rings. The van der Waals surface area contributed by atoms with Crippen molar-refractivity contribution in [1.82, 2.24) is 15.1 Å². The first-order valence-corrected chi connectivity index (χ1v) is 26.6. The monoisotopic (exact) mass is 917 g/mol. The van der Waals surface area contributed by atoms with E-state index in [4.69, 9.17) is 19.1 Å². The quantitative estimate of drug-likeness (QED) is 0.0637. The molecular weight excluding hydrogens is 848 g/mol. The van der Waals surface area contributed by atoms with E-state index < -0.39 is 28.1 Å². The number of carbonyl (C=O) groups excluding carboxylic acids is 2. The molecule has 2 aromatic rings. The highest BCUT2D eigenvalue weighted by Crippen LogP contribution is 2.67. The van der Waals surface area contributed by atoms with Gasteiger partial charge in [-0.15, -0.1) is 0 Å². The predicted molar refractivity (Wildman–Crippen MR) is 237 cm³/mol. The molecule has 4 saturated carbocycles. The number of hydrogen-bond acceptors (Lipinski definition) is 11. The summed E-state index contributed by atoms with van der Waals surface area (Å²) in [4.78, 5) is 45.1. The molecule has 0 saturated heterocycles. The Labute approximate surface area is 371 Å². The van der Waals surface area contributed by atoms with Crippen molar-refractivity contribution in [3.63, 3.8) is 0 Å². The lowest BCUT2D eigenvalue weighted by Crippen LogP contribution is -2.57. The number of benzene rings is 1. The second-order valence-electron chi connectivity index (χ2n) is 19.2. The summed E-state index contributed by atoms with van der Waals surface area (Å²) in [5.41, 5.74) is 3.91. The van der Waals surface area contributed by atoms with Crippen LogP contribution in [0.2, 0.25) is 0 Å². The molecule has 63 heavy (non-hydrogen) atoms. The molecule has 1 amide bonds. The third-order valence-corrected chi connectivity index (χ3v) is 18.3. The van der Waals surface area contributed by atoms with Gasteiger partial charge in [-0.05, 0) is 117 Å². The molecule has 5 N–H and O–H groups in total. The minimum atomic E-state index is -4.83. The molecule has 0 aliphatic heterocycles. The number of allylic oxidation sites excluding steroid dienone is 1. The largest absolute Gasteiger partial charge is 0.494 e. The predicted octanol–water partition coefficient (Wildman–Crippen LogP) is 7.71. The number of phosphoric acid groups is 1. The van der Waals surface area contributed by atoms with E-state index in [0.29, 0.717) is 56.3 Å². The van der Waals surface area contributed by atoms with E-state index in [2.05, 4.69) is 29.6 Å². The molecule has 1 aromatic heterocycles. The first-order valence-electron chi connectivity index (χ1n) is 23.3. The van der Waals surface area contributed by atoms with Crippen molar-refractivity contribution in [2.45, 2.75) is 135 Å². The standard InChI is InChI=1S/C46H69N3O12P2/c1-45-27-32-29-48-49(40(32)25-33(45)17-18-37-38-19-20-39(42(52)30-50)46(38,2)28-41(51)44(37)45)34-13-12-16-36(26-34)58-22-10-6-7-11-24-62(54,55)61-63(56,57)60-23-21-47-43(53)31-59-35-14-8-4-3-5-9-15-35/h12-13,16,25-26,29,35,37-39,41,44,50-51H,3-11,14-15,17-24,27-28,30-31H2,1-2H3,(H,47,53)(H,54,55)(H,56,57)/t37-,38-,39+,41-,44+,45-,46-/m0/s1. The van der Waals surface area contributed by atoms with Crippen LogP contribution in [-0.4, -0.2) is 92.8 Å². The van der Waals surface area contributed by atoms with Gasteiger partial charge >= 0.3 is 15.4 Å². The summed E-state index contributed by atoms with van der Waals surface area (Å²) in [7, 11) is -9.23. The van der Waals surface area contributed by atoms with E-state index >= 15 is 0 Å². The van der Waals surface area contributed by atoms with Gasteiger partial charge in [0.2, 0.25) is 5.91 Å². The average molecular weight is 918 g/mol. The fourth-order valence-corrected chi connectivity index (χ4v) is 14.8. The number of carbonyl (C=O) groups is 2. The highest BCUT2D eigenvalue weighted by Gasteiger charge is 2.63. The topological polar surface area (TPSA) is 216 Å². The van der Waals surface area contributed by atoms with Crippen molar-refractivity contribution < 1.29 is 57.0 Å². The molecule has 350 valence electrons. The van der Waals surface area contributed by atoms with Gasteiger partial charge in [-0.1, -0.05) is 70.4 Å². The van der Waals surface area contributed by atoms with Crippen LogP contribution in [0.3, 0.4) is 0 Å². The van der Waals surface area contributed by atoms with E-state index in [0.717, 1.165) is 74.7 Å². The molecule has 4 fully saturated rings. The highest BCUT2D eigenvalue weighted by molar-refractivity contribution is 7.64. The Bertz CT molecular complexity index is 2040. The average Bonchev–Trinajstić information content (AvgIpc) is 3.79. The van der Waals surface area contributed by atoms with E-state index in [1.807, 2.05) is 35.1 Å². The Kier molecular flexibility index (Phi) is 16.0. The van der Waals surface area contributed by atoms with Gasteiger partial charge in [-0.2, -0.15) is 5.10 Å². The third kappa shape index (κ3) is 11.5. The number of ketones is 1. The van der Waals surface area contributed by atoms with Gasteiger partial charge < -0.3 is 34.8 Å². The molecule has 9 atom stereocenters. The van der Waals surface area contributed by atoms with Crippen molar-refractivity contribution in [3.05, 3.63) is 47.3 Å². The number of aliphatic hydroxyl groups is 2. The summed E-state index contributed by atoms with van der Waals surface area (Å²) in [5.74, 6) is 0.828. The summed E-state index contributed by atoms with van der Waals surface area (Å²) < 4.78 is 48.1. The Morgan fingerprint density at radius 2 is 1.73 bits per heavy atom. The first-order chi connectivity index (χ1) is 30.1. The summed E-state index contributed by atoms with van der Waals surface area (Å²) in [6, 6.07) is 7.79. The van der Waals surface area contributed by atoms with E-state index in [9.17, 15) is 38.7 Å². The molecule has 1 heterocycles. The maximum Gasteiger partial charge on any atom is 0.479 e. The Hall–Kier alpha value is -2.71. The molecule has 1 aromatic carbocycles.